The van der Waals surface area contributed by atoms with Gasteiger partial charge >= 0.3 is 0 Å². The zero-order valence-electron chi connectivity index (χ0n) is 11.8. The van der Waals surface area contributed by atoms with Gasteiger partial charge in [0, 0.05) is 15.8 Å². The lowest BCUT2D eigenvalue weighted by molar-refractivity contribution is 0.729. The number of rotatable bonds is 4. The van der Waals surface area contributed by atoms with Gasteiger partial charge in [-0.3, -0.25) is 0 Å². The van der Waals surface area contributed by atoms with Crippen molar-refractivity contribution in [2.45, 2.75) is 43.0 Å². The molecule has 100 valence electrons. The number of aryl methyl sites for hydroxylation is 2. The van der Waals surface area contributed by atoms with Crippen LogP contribution in [0.25, 0.3) is 0 Å². The molecule has 0 aliphatic heterocycles. The lowest BCUT2D eigenvalue weighted by atomic mass is 10.1. The van der Waals surface area contributed by atoms with E-state index in [1.807, 2.05) is 11.8 Å². The van der Waals surface area contributed by atoms with Gasteiger partial charge in [0.2, 0.25) is 0 Å². The Labute approximate surface area is 120 Å². The third-order valence-corrected chi connectivity index (χ3v) is 4.37. The molecule has 0 bridgehead atoms. The van der Waals surface area contributed by atoms with Crippen LogP contribution in [0.3, 0.4) is 0 Å². The topological polar surface area (TPSA) is 26.0 Å². The van der Waals surface area contributed by atoms with E-state index in [-0.39, 0.29) is 6.04 Å². The van der Waals surface area contributed by atoms with Gasteiger partial charge in [-0.25, -0.2) is 0 Å². The molecule has 0 heterocycles. The van der Waals surface area contributed by atoms with Crippen LogP contribution in [0.5, 0.6) is 0 Å². The van der Waals surface area contributed by atoms with Crippen LogP contribution in [0.4, 0.5) is 0 Å². The predicted octanol–water partition coefficient (Wildman–Crippen LogP) is 4.34. The summed E-state index contributed by atoms with van der Waals surface area (Å²) in [7, 11) is 0. The van der Waals surface area contributed by atoms with Crippen LogP contribution in [-0.2, 0) is 6.42 Å². The Balaban J connectivity index is 2.32. The van der Waals surface area contributed by atoms with E-state index < -0.39 is 0 Å². The van der Waals surface area contributed by atoms with Crippen LogP contribution in [0.15, 0.2) is 52.3 Å². The third kappa shape index (κ3) is 3.85. The maximum Gasteiger partial charge on any atom is 0.0155 e. The molecular weight excluding hydrogens is 250 g/mol. The highest BCUT2D eigenvalue weighted by Gasteiger charge is 2.08. The van der Waals surface area contributed by atoms with Crippen molar-refractivity contribution in [3.8, 4) is 0 Å². The molecule has 0 spiro atoms. The summed E-state index contributed by atoms with van der Waals surface area (Å²) in [4.78, 5) is 2.63. The van der Waals surface area contributed by atoms with E-state index in [0.29, 0.717) is 0 Å². The SMILES string of the molecule is Cc1ccc(Sc2ccccc2C)c(CC(C)N)c1. The first kappa shape index (κ1) is 14.2. The van der Waals surface area contributed by atoms with E-state index in [9.17, 15) is 0 Å². The first-order valence-electron chi connectivity index (χ1n) is 6.65. The minimum atomic E-state index is 0.193. The highest BCUT2D eigenvalue weighted by Crippen LogP contribution is 2.33. The standard InChI is InChI=1S/C17H21NS/c1-12-8-9-17(15(10-12)11-14(3)18)19-16-7-5-4-6-13(16)2/h4-10,14H,11,18H2,1-3H3. The second-order valence-electron chi connectivity index (χ2n) is 5.16. The van der Waals surface area contributed by atoms with Gasteiger partial charge in [-0.1, -0.05) is 47.7 Å². The van der Waals surface area contributed by atoms with Crippen LogP contribution in [0.2, 0.25) is 0 Å². The number of hydrogen-bond acceptors (Lipinski definition) is 2. The van der Waals surface area contributed by atoms with Crippen LogP contribution in [-0.4, -0.2) is 6.04 Å². The smallest absolute Gasteiger partial charge is 0.0155 e. The average molecular weight is 271 g/mol. The first-order chi connectivity index (χ1) is 9.06. The molecule has 19 heavy (non-hydrogen) atoms. The molecule has 2 aromatic rings. The minimum Gasteiger partial charge on any atom is -0.328 e. The van der Waals surface area contributed by atoms with Crippen LogP contribution in [0, 0.1) is 13.8 Å². The second-order valence-corrected chi connectivity index (χ2v) is 6.24. The Morgan fingerprint density at radius 1 is 1.05 bits per heavy atom. The van der Waals surface area contributed by atoms with E-state index in [0.717, 1.165) is 6.42 Å². The highest BCUT2D eigenvalue weighted by atomic mass is 32.2. The van der Waals surface area contributed by atoms with Gasteiger partial charge in [0.15, 0.2) is 0 Å². The summed E-state index contributed by atoms with van der Waals surface area (Å²) in [5.74, 6) is 0. The molecule has 0 aromatic heterocycles. The van der Waals surface area contributed by atoms with Gasteiger partial charge in [0.1, 0.15) is 0 Å². The van der Waals surface area contributed by atoms with Crippen molar-refractivity contribution in [3.05, 3.63) is 59.2 Å². The van der Waals surface area contributed by atoms with Gasteiger partial charge in [-0.05, 0) is 50.5 Å². The zero-order valence-corrected chi connectivity index (χ0v) is 12.6. The summed E-state index contributed by atoms with van der Waals surface area (Å²) in [5.41, 5.74) is 9.92. The monoisotopic (exact) mass is 271 g/mol. The first-order valence-corrected chi connectivity index (χ1v) is 7.46. The molecule has 2 heteroatoms. The molecule has 0 radical (unpaired) electrons. The van der Waals surface area contributed by atoms with Crippen molar-refractivity contribution in [3.63, 3.8) is 0 Å². The molecule has 1 unspecified atom stereocenters. The average Bonchev–Trinajstić information content (AvgIpc) is 2.34. The lowest BCUT2D eigenvalue weighted by Gasteiger charge is -2.13. The molecule has 0 amide bonds. The van der Waals surface area contributed by atoms with Crippen molar-refractivity contribution in [2.75, 3.05) is 0 Å². The summed E-state index contributed by atoms with van der Waals surface area (Å²) >= 11 is 1.84. The minimum absolute atomic E-state index is 0.193. The Bertz CT molecular complexity index is 561. The van der Waals surface area contributed by atoms with Crippen molar-refractivity contribution < 1.29 is 0 Å². The van der Waals surface area contributed by atoms with E-state index in [4.69, 9.17) is 5.73 Å². The van der Waals surface area contributed by atoms with Gasteiger partial charge in [0.25, 0.3) is 0 Å². The van der Waals surface area contributed by atoms with E-state index in [1.54, 1.807) is 0 Å². The molecular formula is C17H21NS. The number of nitrogens with two attached hydrogens (primary N) is 1. The molecule has 1 nitrogen and oxygen atoms in total. The number of benzene rings is 2. The Morgan fingerprint density at radius 3 is 2.47 bits per heavy atom. The fourth-order valence-electron chi connectivity index (χ4n) is 2.10. The quantitative estimate of drug-likeness (QED) is 0.895. The molecule has 0 aliphatic carbocycles. The fraction of sp³-hybridized carbons (Fsp3) is 0.294. The summed E-state index contributed by atoms with van der Waals surface area (Å²) < 4.78 is 0. The van der Waals surface area contributed by atoms with Gasteiger partial charge < -0.3 is 5.73 Å². The molecule has 2 N–H and O–H groups in total. The summed E-state index contributed by atoms with van der Waals surface area (Å²) in [6, 6.07) is 15.3. The Morgan fingerprint density at radius 2 is 1.79 bits per heavy atom. The van der Waals surface area contributed by atoms with Crippen molar-refractivity contribution in [1.29, 1.82) is 0 Å². The molecule has 0 fully saturated rings. The molecule has 0 saturated carbocycles. The summed E-state index contributed by atoms with van der Waals surface area (Å²) in [6.07, 6.45) is 0.926. The summed E-state index contributed by atoms with van der Waals surface area (Å²) in [6.45, 7) is 6.35. The highest BCUT2D eigenvalue weighted by molar-refractivity contribution is 7.99. The maximum atomic E-state index is 5.96. The van der Waals surface area contributed by atoms with Crippen LogP contribution in [0.1, 0.15) is 23.6 Å². The van der Waals surface area contributed by atoms with Crippen molar-refractivity contribution >= 4 is 11.8 Å². The van der Waals surface area contributed by atoms with Gasteiger partial charge in [-0.2, -0.15) is 0 Å². The molecule has 1 atom stereocenters. The van der Waals surface area contributed by atoms with Gasteiger partial charge in [0.05, 0.1) is 0 Å². The normalized spacial score (nSPS) is 12.4. The van der Waals surface area contributed by atoms with Crippen LogP contribution >= 0.6 is 11.8 Å². The molecule has 2 aromatic carbocycles. The van der Waals surface area contributed by atoms with E-state index in [1.165, 1.54) is 26.5 Å². The fourth-order valence-corrected chi connectivity index (χ4v) is 3.13. The second kappa shape index (κ2) is 6.27. The van der Waals surface area contributed by atoms with Crippen molar-refractivity contribution in [2.24, 2.45) is 5.73 Å². The van der Waals surface area contributed by atoms with Crippen LogP contribution < -0.4 is 5.73 Å². The van der Waals surface area contributed by atoms with Crippen molar-refractivity contribution in [1.82, 2.24) is 0 Å². The largest absolute Gasteiger partial charge is 0.328 e. The predicted molar refractivity (Wildman–Crippen MR) is 83.8 cm³/mol. The number of hydrogen-bond donors (Lipinski definition) is 1. The third-order valence-electron chi connectivity index (χ3n) is 3.07. The van der Waals surface area contributed by atoms with E-state index >= 15 is 0 Å². The molecule has 0 aliphatic rings. The van der Waals surface area contributed by atoms with Gasteiger partial charge in [-0.15, -0.1) is 0 Å². The Kier molecular flexibility index (Phi) is 4.67. The molecule has 0 saturated heterocycles. The Hall–Kier alpha value is -1.25. The molecule has 2 rings (SSSR count). The zero-order chi connectivity index (χ0) is 13.8. The maximum absolute atomic E-state index is 5.96. The summed E-state index contributed by atoms with van der Waals surface area (Å²) in [5, 5.41) is 0. The lowest BCUT2D eigenvalue weighted by Crippen LogP contribution is -2.18. The van der Waals surface area contributed by atoms with E-state index in [2.05, 4.69) is 63.2 Å².